The summed E-state index contributed by atoms with van der Waals surface area (Å²) in [6.07, 6.45) is 0. The number of amides is 1. The van der Waals surface area contributed by atoms with E-state index in [0.717, 1.165) is 16.5 Å². The predicted octanol–water partition coefficient (Wildman–Crippen LogP) is 0.912. The van der Waals surface area contributed by atoms with Crippen molar-refractivity contribution >= 4 is 22.4 Å². The summed E-state index contributed by atoms with van der Waals surface area (Å²) in [7, 11) is 0. The zero-order chi connectivity index (χ0) is 10.7. The van der Waals surface area contributed by atoms with Gasteiger partial charge in [-0.3, -0.25) is 4.79 Å². The van der Waals surface area contributed by atoms with Crippen LogP contribution >= 0.6 is 0 Å². The molecule has 0 radical (unpaired) electrons. The first kappa shape index (κ1) is 12.2. The average molecular weight is 218 g/mol. The summed E-state index contributed by atoms with van der Waals surface area (Å²) in [6.45, 7) is 0.00677. The van der Waals surface area contributed by atoms with Gasteiger partial charge in [-0.15, -0.1) is 0 Å². The van der Waals surface area contributed by atoms with Crippen molar-refractivity contribution in [2.45, 2.75) is 0 Å². The van der Waals surface area contributed by atoms with E-state index in [2.05, 4.69) is 5.32 Å². The fourth-order valence-electron chi connectivity index (χ4n) is 1.48. The van der Waals surface area contributed by atoms with Crippen LogP contribution in [0, 0.1) is 0 Å². The smallest absolute Gasteiger partial charge is 0.238 e. The van der Waals surface area contributed by atoms with Crippen molar-refractivity contribution in [2.24, 2.45) is 5.73 Å². The first-order valence-electron chi connectivity index (χ1n) is 4.78. The van der Waals surface area contributed by atoms with Crippen molar-refractivity contribution < 1.29 is 10.3 Å². The van der Waals surface area contributed by atoms with Crippen LogP contribution in [0.1, 0.15) is 0 Å². The van der Waals surface area contributed by atoms with E-state index in [0.29, 0.717) is 0 Å². The van der Waals surface area contributed by atoms with Gasteiger partial charge in [-0.2, -0.15) is 0 Å². The third kappa shape index (κ3) is 2.56. The van der Waals surface area contributed by atoms with E-state index >= 15 is 0 Å². The molecule has 0 saturated heterocycles. The van der Waals surface area contributed by atoms with Crippen LogP contribution in [0.2, 0.25) is 0 Å². The molecule has 84 valence electrons. The lowest BCUT2D eigenvalue weighted by Gasteiger charge is -2.04. The second-order valence-corrected chi connectivity index (χ2v) is 3.31. The van der Waals surface area contributed by atoms with Crippen LogP contribution in [0.4, 0.5) is 5.69 Å². The van der Waals surface area contributed by atoms with Crippen LogP contribution in [0.25, 0.3) is 10.8 Å². The molecule has 0 aliphatic rings. The van der Waals surface area contributed by atoms with Gasteiger partial charge in [0, 0.05) is 5.69 Å². The normalized spacial score (nSPS) is 9.56. The summed E-state index contributed by atoms with van der Waals surface area (Å²) >= 11 is 0. The Hall–Kier alpha value is -1.91. The molecule has 0 aliphatic carbocycles. The van der Waals surface area contributed by atoms with Gasteiger partial charge < -0.3 is 16.5 Å². The lowest BCUT2D eigenvalue weighted by molar-refractivity contribution is -0.114. The van der Waals surface area contributed by atoms with Gasteiger partial charge in [-0.05, 0) is 22.9 Å². The Morgan fingerprint density at radius 3 is 2.50 bits per heavy atom. The molecule has 0 aliphatic heterocycles. The number of fused-ring (bicyclic) bond motifs is 1. The predicted molar refractivity (Wildman–Crippen MR) is 65.2 cm³/mol. The minimum absolute atomic E-state index is 0. The number of nitrogens with one attached hydrogen (secondary N) is 1. The highest BCUT2D eigenvalue weighted by molar-refractivity contribution is 5.95. The lowest BCUT2D eigenvalue weighted by atomic mass is 10.1. The van der Waals surface area contributed by atoms with Crippen molar-refractivity contribution in [3.63, 3.8) is 0 Å². The van der Waals surface area contributed by atoms with Gasteiger partial charge in [-0.1, -0.05) is 30.3 Å². The Labute approximate surface area is 93.4 Å². The molecule has 0 atom stereocenters. The molecule has 2 aromatic carbocycles. The molecule has 2 rings (SSSR count). The fourth-order valence-corrected chi connectivity index (χ4v) is 1.48. The molecule has 0 unspecified atom stereocenters. The molecule has 0 heterocycles. The molecule has 0 bridgehead atoms. The number of benzene rings is 2. The topological polar surface area (TPSA) is 86.6 Å². The minimum Gasteiger partial charge on any atom is -0.412 e. The Kier molecular flexibility index (Phi) is 3.99. The first-order chi connectivity index (χ1) is 7.29. The molecule has 1 amide bonds. The first-order valence-corrected chi connectivity index (χ1v) is 4.78. The third-order valence-electron chi connectivity index (χ3n) is 2.22. The lowest BCUT2D eigenvalue weighted by Crippen LogP contribution is -2.21. The summed E-state index contributed by atoms with van der Waals surface area (Å²) in [4.78, 5) is 11.1. The second-order valence-electron chi connectivity index (χ2n) is 3.31. The number of carbonyl (C=O) groups is 1. The summed E-state index contributed by atoms with van der Waals surface area (Å²) in [6, 6.07) is 13.8. The molecule has 4 nitrogen and oxygen atoms in total. The number of anilines is 1. The van der Waals surface area contributed by atoms with E-state index in [9.17, 15) is 4.79 Å². The van der Waals surface area contributed by atoms with Crippen LogP contribution < -0.4 is 11.1 Å². The minimum atomic E-state index is -0.176. The molecule has 2 aromatic rings. The van der Waals surface area contributed by atoms with E-state index in [-0.39, 0.29) is 17.9 Å². The van der Waals surface area contributed by atoms with E-state index in [4.69, 9.17) is 5.73 Å². The van der Waals surface area contributed by atoms with E-state index < -0.39 is 0 Å². The van der Waals surface area contributed by atoms with Gasteiger partial charge >= 0.3 is 0 Å². The van der Waals surface area contributed by atoms with E-state index in [1.54, 1.807) is 0 Å². The van der Waals surface area contributed by atoms with Gasteiger partial charge in [0.05, 0.1) is 6.54 Å². The quantitative estimate of drug-likeness (QED) is 0.785. The van der Waals surface area contributed by atoms with Crippen LogP contribution in [0.3, 0.4) is 0 Å². The Morgan fingerprint density at radius 2 is 1.81 bits per heavy atom. The molecule has 0 saturated carbocycles. The zero-order valence-corrected chi connectivity index (χ0v) is 8.73. The molecule has 0 spiro atoms. The summed E-state index contributed by atoms with van der Waals surface area (Å²) < 4.78 is 0. The number of hydrogen-bond acceptors (Lipinski definition) is 2. The molecule has 4 heteroatoms. The van der Waals surface area contributed by atoms with E-state index in [1.807, 2.05) is 42.5 Å². The zero-order valence-electron chi connectivity index (χ0n) is 8.73. The maximum absolute atomic E-state index is 11.1. The highest BCUT2D eigenvalue weighted by Crippen LogP contribution is 2.18. The standard InChI is InChI=1S/C12H12N2O.H2O/c13-8-12(15)14-11-6-5-9-3-1-2-4-10(9)7-11;/h1-7H,8,13H2,(H,14,15);1H2. The van der Waals surface area contributed by atoms with Crippen LogP contribution in [0.5, 0.6) is 0 Å². The summed E-state index contributed by atoms with van der Waals surface area (Å²) in [5.41, 5.74) is 6.00. The molecular formula is C12H14N2O2. The van der Waals surface area contributed by atoms with Gasteiger partial charge in [0.25, 0.3) is 0 Å². The monoisotopic (exact) mass is 218 g/mol. The van der Waals surface area contributed by atoms with Crippen molar-refractivity contribution in [3.05, 3.63) is 42.5 Å². The Bertz CT molecular complexity index is 497. The molecule has 5 N–H and O–H groups in total. The van der Waals surface area contributed by atoms with Crippen molar-refractivity contribution in [3.8, 4) is 0 Å². The average Bonchev–Trinajstić information content (AvgIpc) is 2.29. The van der Waals surface area contributed by atoms with E-state index in [1.165, 1.54) is 0 Å². The van der Waals surface area contributed by atoms with Crippen molar-refractivity contribution in [1.82, 2.24) is 0 Å². The van der Waals surface area contributed by atoms with Crippen molar-refractivity contribution in [1.29, 1.82) is 0 Å². The number of carbonyl (C=O) groups excluding carboxylic acids is 1. The number of hydrogen-bond donors (Lipinski definition) is 2. The molecular weight excluding hydrogens is 204 g/mol. The maximum atomic E-state index is 11.1. The summed E-state index contributed by atoms with van der Waals surface area (Å²) in [5, 5.41) is 4.98. The van der Waals surface area contributed by atoms with Gasteiger partial charge in [-0.25, -0.2) is 0 Å². The van der Waals surface area contributed by atoms with Crippen LogP contribution in [-0.2, 0) is 4.79 Å². The highest BCUT2D eigenvalue weighted by atomic mass is 16.1. The van der Waals surface area contributed by atoms with Gasteiger partial charge in [0.1, 0.15) is 0 Å². The number of nitrogens with two attached hydrogens (primary N) is 1. The second kappa shape index (κ2) is 5.25. The SMILES string of the molecule is NCC(=O)Nc1ccc2ccccc2c1.O. The largest absolute Gasteiger partial charge is 0.412 e. The van der Waals surface area contributed by atoms with Gasteiger partial charge in [0.2, 0.25) is 5.91 Å². The Balaban J connectivity index is 0.00000128. The molecule has 16 heavy (non-hydrogen) atoms. The van der Waals surface area contributed by atoms with Crippen LogP contribution in [-0.4, -0.2) is 17.9 Å². The fraction of sp³-hybridized carbons (Fsp3) is 0.0833. The highest BCUT2D eigenvalue weighted by Gasteiger charge is 1.99. The number of rotatable bonds is 2. The summed E-state index contributed by atoms with van der Waals surface area (Å²) in [5.74, 6) is -0.176. The van der Waals surface area contributed by atoms with Gasteiger partial charge in [0.15, 0.2) is 0 Å². The molecule has 0 aromatic heterocycles. The van der Waals surface area contributed by atoms with Crippen LogP contribution in [0.15, 0.2) is 42.5 Å². The Morgan fingerprint density at radius 1 is 1.12 bits per heavy atom. The van der Waals surface area contributed by atoms with Crippen molar-refractivity contribution in [2.75, 3.05) is 11.9 Å². The third-order valence-corrected chi connectivity index (χ3v) is 2.22. The maximum Gasteiger partial charge on any atom is 0.238 e. The molecule has 0 fully saturated rings.